The van der Waals surface area contributed by atoms with Crippen LogP contribution in [0.3, 0.4) is 0 Å². The van der Waals surface area contributed by atoms with Crippen molar-refractivity contribution in [3.05, 3.63) is 47.6 Å². The number of ketones is 3. The lowest BCUT2D eigenvalue weighted by molar-refractivity contribution is -0.266. The van der Waals surface area contributed by atoms with Gasteiger partial charge < -0.3 is 53.4 Å². The fraction of sp³-hybridized carbons (Fsp3) is 0.764. The number of allylic oxidation sites excluding steroid dienone is 6. The number of rotatable bonds is 12. The third-order valence-electron chi connectivity index (χ3n) is 15.2. The van der Waals surface area contributed by atoms with Crippen molar-refractivity contribution in [1.29, 1.82) is 0 Å². The SMILES string of the molecule is COCCO[C@@H]1C[C@@H]2CC[C@@H](C)[C@@](O)(O2)C(=O)C(=O)N2CCCC[C@H]2C(=O)OC([C@H](C)CC2CC[C@@H](OCCO)[C@H](OC)C2)CC(=O)[C@H](C)/C=C(\C)[C@@H](O)[C@@H](OC)C(=O)[C@H](C)C[C@H](C)/C=C/C=C/C=C/1C. The first-order valence-electron chi connectivity index (χ1n) is 26.1. The first kappa shape index (κ1) is 60.1. The molecule has 402 valence electrons. The van der Waals surface area contributed by atoms with Gasteiger partial charge in [0.15, 0.2) is 5.78 Å². The van der Waals surface area contributed by atoms with Gasteiger partial charge in [-0.25, -0.2) is 4.79 Å². The molecule has 3 aliphatic heterocycles. The molecule has 3 heterocycles. The first-order chi connectivity index (χ1) is 33.8. The van der Waals surface area contributed by atoms with Crippen LogP contribution in [0.25, 0.3) is 0 Å². The number of methoxy groups -OCH3 is 3. The number of carbonyl (C=O) groups excluding carboxylic acids is 5. The molecule has 3 N–H and O–H groups in total. The van der Waals surface area contributed by atoms with E-state index in [-0.39, 0.29) is 87.2 Å². The Bertz CT molecular complexity index is 1860. The van der Waals surface area contributed by atoms with Crippen molar-refractivity contribution in [1.82, 2.24) is 4.90 Å². The van der Waals surface area contributed by atoms with Gasteiger partial charge in [0.2, 0.25) is 5.79 Å². The molecule has 3 fully saturated rings. The van der Waals surface area contributed by atoms with Crippen molar-refractivity contribution >= 4 is 29.2 Å². The topological polar surface area (TPSA) is 214 Å². The van der Waals surface area contributed by atoms with Gasteiger partial charge in [-0.1, -0.05) is 71.1 Å². The second-order valence-electron chi connectivity index (χ2n) is 20.8. The molecule has 1 saturated carbocycles. The van der Waals surface area contributed by atoms with Crippen LogP contribution < -0.4 is 0 Å². The van der Waals surface area contributed by atoms with E-state index in [1.165, 1.54) is 12.0 Å². The summed E-state index contributed by atoms with van der Waals surface area (Å²) in [7, 11) is 4.58. The van der Waals surface area contributed by atoms with E-state index in [0.717, 1.165) is 12.0 Å². The number of fused-ring (bicyclic) bond motifs is 3. The zero-order valence-corrected chi connectivity index (χ0v) is 44.3. The Labute approximate surface area is 422 Å². The summed E-state index contributed by atoms with van der Waals surface area (Å²) in [5.41, 5.74) is 1.24. The van der Waals surface area contributed by atoms with Gasteiger partial charge >= 0.3 is 5.97 Å². The Balaban J connectivity index is 1.71. The Morgan fingerprint density at radius 3 is 2.27 bits per heavy atom. The summed E-state index contributed by atoms with van der Waals surface area (Å²) in [5, 5.41) is 33.0. The third-order valence-corrected chi connectivity index (χ3v) is 15.2. The number of Topliss-reactive ketones (excluding diaryl/α,β-unsaturated/α-hetero) is 3. The molecule has 1 aliphatic carbocycles. The molecule has 2 unspecified atom stereocenters. The summed E-state index contributed by atoms with van der Waals surface area (Å²) < 4.78 is 41.3. The minimum absolute atomic E-state index is 0.000431. The summed E-state index contributed by atoms with van der Waals surface area (Å²) >= 11 is 0. The van der Waals surface area contributed by atoms with Crippen LogP contribution in [-0.4, -0.2) is 158 Å². The van der Waals surface area contributed by atoms with E-state index in [1.54, 1.807) is 41.1 Å². The van der Waals surface area contributed by atoms with Gasteiger partial charge in [-0.2, -0.15) is 0 Å². The van der Waals surface area contributed by atoms with Gasteiger partial charge in [0.1, 0.15) is 30.1 Å². The second-order valence-corrected chi connectivity index (χ2v) is 20.8. The third kappa shape index (κ3) is 17.0. The minimum Gasteiger partial charge on any atom is -0.460 e. The Morgan fingerprint density at radius 1 is 0.831 bits per heavy atom. The molecule has 0 radical (unpaired) electrons. The molecule has 0 aromatic heterocycles. The Kier molecular flexibility index (Phi) is 24.9. The molecule has 0 spiro atoms. The highest BCUT2D eigenvalue weighted by Crippen LogP contribution is 2.38. The molecular formula is C55H87NO15. The van der Waals surface area contributed by atoms with E-state index in [1.807, 2.05) is 58.1 Å². The van der Waals surface area contributed by atoms with Crippen LogP contribution in [0.4, 0.5) is 0 Å². The van der Waals surface area contributed by atoms with E-state index in [4.69, 9.17) is 33.2 Å². The molecule has 16 nitrogen and oxygen atoms in total. The van der Waals surface area contributed by atoms with Crippen molar-refractivity contribution < 1.29 is 72.5 Å². The fourth-order valence-corrected chi connectivity index (χ4v) is 10.7. The predicted octanol–water partition coefficient (Wildman–Crippen LogP) is 6.21. The lowest BCUT2D eigenvalue weighted by Crippen LogP contribution is -2.61. The lowest BCUT2D eigenvalue weighted by Gasteiger charge is -2.43. The molecule has 0 aromatic carbocycles. The zero-order valence-electron chi connectivity index (χ0n) is 44.3. The van der Waals surface area contributed by atoms with Crippen molar-refractivity contribution in [2.45, 2.75) is 180 Å². The molecule has 4 aliphatic rings. The van der Waals surface area contributed by atoms with E-state index < -0.39 is 77.8 Å². The van der Waals surface area contributed by atoms with Gasteiger partial charge in [0.25, 0.3) is 11.7 Å². The van der Waals surface area contributed by atoms with Crippen LogP contribution in [0.1, 0.15) is 126 Å². The second kappa shape index (κ2) is 29.4. The summed E-state index contributed by atoms with van der Waals surface area (Å²) in [5.74, 6) is -8.10. The summed E-state index contributed by atoms with van der Waals surface area (Å²) in [6.45, 7) is 13.5. The van der Waals surface area contributed by atoms with Crippen LogP contribution in [0.5, 0.6) is 0 Å². The summed E-state index contributed by atoms with van der Waals surface area (Å²) in [6, 6.07) is -1.16. The molecule has 1 amide bonds. The van der Waals surface area contributed by atoms with Crippen molar-refractivity contribution in [3.63, 3.8) is 0 Å². The summed E-state index contributed by atoms with van der Waals surface area (Å²) in [4.78, 5) is 72.5. The number of hydrogen-bond acceptors (Lipinski definition) is 15. The number of aliphatic hydroxyl groups excluding tert-OH is 2. The van der Waals surface area contributed by atoms with Crippen molar-refractivity contribution in [2.75, 3.05) is 54.3 Å². The zero-order chi connectivity index (χ0) is 52.4. The quantitative estimate of drug-likeness (QED) is 0.0858. The molecule has 4 rings (SSSR count). The monoisotopic (exact) mass is 1000 g/mol. The van der Waals surface area contributed by atoms with Gasteiger partial charge in [-0.15, -0.1) is 0 Å². The highest BCUT2D eigenvalue weighted by atomic mass is 16.6. The number of hydrogen-bond donors (Lipinski definition) is 3. The van der Waals surface area contributed by atoms with Crippen LogP contribution in [0, 0.1) is 35.5 Å². The standard InChI is InChI=1S/C55H87NO15/c1-34-16-12-11-13-17-35(2)46(69-27-26-65-8)32-42-21-19-40(7)55(64,71-42)52(61)53(62)56-23-15-14-18-43(56)54(63)70-47(37(4)30-41-20-22-45(68-25-24-57)48(31-41)66-9)33-44(58)36(3)29-39(6)50(60)51(67-10)49(59)38(5)28-34/h11-13,16-17,29,34,36-38,40-43,45-48,50-51,57,60,64H,14-15,18-28,30-33H2,1-10H3/b13-11+,16-12+,35-17+,39-29+/t34-,36-,37-,38-,40-,41?,42+,43+,45-,46-,47?,48-,50-,51+,55-/m1/s1. The number of piperidine rings is 1. The van der Waals surface area contributed by atoms with Crippen molar-refractivity contribution in [3.8, 4) is 0 Å². The van der Waals surface area contributed by atoms with Gasteiger partial charge in [-0.3, -0.25) is 19.2 Å². The predicted molar refractivity (Wildman–Crippen MR) is 267 cm³/mol. The highest BCUT2D eigenvalue weighted by molar-refractivity contribution is 6.39. The normalized spacial score (nSPS) is 38.0. The molecule has 2 saturated heterocycles. The number of cyclic esters (lactones) is 1. The average molecular weight is 1000 g/mol. The molecule has 0 aromatic rings. The molecule has 2 bridgehead atoms. The molecule has 15 atom stereocenters. The largest absolute Gasteiger partial charge is 0.460 e. The van der Waals surface area contributed by atoms with Crippen LogP contribution in [0.2, 0.25) is 0 Å². The average Bonchev–Trinajstić information content (AvgIpc) is 3.35. The number of amides is 1. The number of esters is 1. The van der Waals surface area contributed by atoms with E-state index in [0.29, 0.717) is 63.5 Å². The van der Waals surface area contributed by atoms with E-state index in [9.17, 15) is 39.3 Å². The molecule has 16 heteroatoms. The maximum atomic E-state index is 14.5. The van der Waals surface area contributed by atoms with Gasteiger partial charge in [-0.05, 0) is 107 Å². The molecular weight excluding hydrogens is 915 g/mol. The molecule has 71 heavy (non-hydrogen) atoms. The summed E-state index contributed by atoms with van der Waals surface area (Å²) in [6.07, 6.45) is 11.7. The minimum atomic E-state index is -2.46. The van der Waals surface area contributed by atoms with Gasteiger partial charge in [0, 0.05) is 58.5 Å². The fourth-order valence-electron chi connectivity index (χ4n) is 10.7. The highest BCUT2D eigenvalue weighted by Gasteiger charge is 2.53. The Hall–Kier alpha value is -3.45. The number of aliphatic hydroxyl groups is 3. The first-order valence-corrected chi connectivity index (χ1v) is 26.1. The van der Waals surface area contributed by atoms with Crippen LogP contribution in [-0.2, 0) is 57.1 Å². The number of carbonyl (C=O) groups is 5. The maximum Gasteiger partial charge on any atom is 0.329 e. The van der Waals surface area contributed by atoms with Crippen molar-refractivity contribution in [2.24, 2.45) is 35.5 Å². The number of ether oxygens (including phenoxy) is 7. The van der Waals surface area contributed by atoms with E-state index >= 15 is 0 Å². The van der Waals surface area contributed by atoms with Crippen LogP contribution in [0.15, 0.2) is 47.6 Å². The van der Waals surface area contributed by atoms with Gasteiger partial charge in [0.05, 0.1) is 50.8 Å². The van der Waals surface area contributed by atoms with E-state index in [2.05, 4.69) is 0 Å². The van der Waals surface area contributed by atoms with Crippen LogP contribution >= 0.6 is 0 Å². The number of nitrogens with zero attached hydrogens (tertiary/aromatic N) is 1. The smallest absolute Gasteiger partial charge is 0.329 e. The maximum absolute atomic E-state index is 14.5. The Morgan fingerprint density at radius 2 is 1.58 bits per heavy atom. The lowest BCUT2D eigenvalue weighted by atomic mass is 9.78.